The van der Waals surface area contributed by atoms with Gasteiger partial charge in [-0.3, -0.25) is 9.11 Å². The molecule has 4 N–H and O–H groups in total. The van der Waals surface area contributed by atoms with Gasteiger partial charge in [-0.2, -0.15) is 16.8 Å². The first-order valence-electron chi connectivity index (χ1n) is 9.50. The lowest BCUT2D eigenvalue weighted by molar-refractivity contribution is 0.481. The molecule has 35 heavy (non-hydrogen) atoms. The molecule has 0 atom stereocenters. The quantitative estimate of drug-likeness (QED) is 0.190. The van der Waals surface area contributed by atoms with E-state index in [0.717, 1.165) is 0 Å². The van der Waals surface area contributed by atoms with Crippen molar-refractivity contribution in [3.05, 3.63) is 66.8 Å². The van der Waals surface area contributed by atoms with Crippen LogP contribution in [0.25, 0.3) is 34.9 Å². The molecular formula is C20H15N7O6S2. The van der Waals surface area contributed by atoms with Crippen LogP contribution in [0.3, 0.4) is 0 Å². The Kier molecular flexibility index (Phi) is 6.31. The molecule has 0 aliphatic rings. The second kappa shape index (κ2) is 9.22. The first kappa shape index (κ1) is 24.0. The highest BCUT2D eigenvalue weighted by molar-refractivity contribution is 7.86. The van der Waals surface area contributed by atoms with Crippen LogP contribution in [0, 0.1) is 0 Å². The second-order valence-electron chi connectivity index (χ2n) is 6.88. The van der Waals surface area contributed by atoms with Crippen molar-refractivity contribution in [2.75, 3.05) is 5.73 Å². The van der Waals surface area contributed by atoms with E-state index in [9.17, 15) is 25.9 Å². The standard InChI is InChI=1S/C20H15N7O6S2/c21-17-16(20-26-10-23-11-27-20)14(19-24-8-22-9-25-19)7-13(18(17)35(31,32)33)6-5-12-3-1-2-4-15(12)34(28,29)30/h1-11H,21H2,(H,28,29,30)(H,31,32,33). The molecule has 0 bridgehead atoms. The van der Waals surface area contributed by atoms with Crippen LogP contribution in [0.4, 0.5) is 5.69 Å². The second-order valence-corrected chi connectivity index (χ2v) is 9.62. The highest BCUT2D eigenvalue weighted by atomic mass is 32.2. The Bertz CT molecular complexity index is 1650. The predicted octanol–water partition coefficient (Wildman–Crippen LogP) is 1.64. The monoisotopic (exact) mass is 513 g/mol. The van der Waals surface area contributed by atoms with Crippen LogP contribution < -0.4 is 5.73 Å². The van der Waals surface area contributed by atoms with E-state index < -0.39 is 35.7 Å². The summed E-state index contributed by atoms with van der Waals surface area (Å²) < 4.78 is 67.6. The third-order valence-corrected chi connectivity index (χ3v) is 6.59. The largest absolute Gasteiger partial charge is 0.397 e. The van der Waals surface area contributed by atoms with Gasteiger partial charge >= 0.3 is 0 Å². The Labute approximate surface area is 199 Å². The summed E-state index contributed by atoms with van der Waals surface area (Å²) in [5.41, 5.74) is 5.97. The first-order chi connectivity index (χ1) is 16.6. The Balaban J connectivity index is 2.04. The summed E-state index contributed by atoms with van der Waals surface area (Å²) in [7, 11) is -9.48. The highest BCUT2D eigenvalue weighted by Gasteiger charge is 2.27. The molecule has 15 heteroatoms. The molecule has 0 saturated carbocycles. The van der Waals surface area contributed by atoms with Gasteiger partial charge in [-0.15, -0.1) is 0 Å². The van der Waals surface area contributed by atoms with Crippen LogP contribution in [-0.4, -0.2) is 55.8 Å². The van der Waals surface area contributed by atoms with Crippen molar-refractivity contribution in [1.29, 1.82) is 0 Å². The molecule has 4 rings (SSSR count). The zero-order valence-corrected chi connectivity index (χ0v) is 19.1. The van der Waals surface area contributed by atoms with Gasteiger partial charge in [0, 0.05) is 5.56 Å². The average molecular weight is 514 g/mol. The molecule has 0 radical (unpaired) electrons. The number of benzene rings is 2. The number of nitrogens with zero attached hydrogens (tertiary/aromatic N) is 6. The van der Waals surface area contributed by atoms with Crippen molar-refractivity contribution >= 4 is 38.1 Å². The molecular weight excluding hydrogens is 498 g/mol. The Morgan fingerprint density at radius 2 is 1.29 bits per heavy atom. The van der Waals surface area contributed by atoms with Gasteiger partial charge in [0.15, 0.2) is 11.6 Å². The van der Waals surface area contributed by atoms with Crippen molar-refractivity contribution in [3.8, 4) is 22.8 Å². The maximum Gasteiger partial charge on any atom is 0.297 e. The minimum absolute atomic E-state index is 0.00920. The number of aromatic nitrogens is 6. The zero-order chi connectivity index (χ0) is 25.2. The maximum atomic E-state index is 12.4. The van der Waals surface area contributed by atoms with E-state index in [1.54, 1.807) is 0 Å². The molecule has 0 aliphatic carbocycles. The van der Waals surface area contributed by atoms with Gasteiger partial charge in [0.1, 0.15) is 35.1 Å². The van der Waals surface area contributed by atoms with Gasteiger partial charge in [-0.05, 0) is 23.3 Å². The minimum Gasteiger partial charge on any atom is -0.397 e. The van der Waals surface area contributed by atoms with Gasteiger partial charge in [0.2, 0.25) is 0 Å². The molecule has 2 aromatic carbocycles. The normalized spacial score (nSPS) is 12.2. The van der Waals surface area contributed by atoms with E-state index in [1.807, 2.05) is 0 Å². The van der Waals surface area contributed by atoms with E-state index in [-0.39, 0.29) is 33.9 Å². The average Bonchev–Trinajstić information content (AvgIpc) is 2.82. The van der Waals surface area contributed by atoms with Crippen LogP contribution in [-0.2, 0) is 20.2 Å². The van der Waals surface area contributed by atoms with Crippen LogP contribution in [0.15, 0.2) is 65.4 Å². The van der Waals surface area contributed by atoms with Crippen LogP contribution >= 0.6 is 0 Å². The Morgan fingerprint density at radius 1 is 0.743 bits per heavy atom. The fraction of sp³-hybridized carbons (Fsp3) is 0. The third kappa shape index (κ3) is 5.02. The molecule has 0 fully saturated rings. The minimum atomic E-state index is -4.90. The summed E-state index contributed by atoms with van der Waals surface area (Å²) in [5.74, 6) is 0.0852. The van der Waals surface area contributed by atoms with E-state index in [1.165, 1.54) is 67.8 Å². The summed E-state index contributed by atoms with van der Waals surface area (Å²) >= 11 is 0. The fourth-order valence-corrected chi connectivity index (χ4v) is 4.80. The number of hydrogen-bond acceptors (Lipinski definition) is 11. The van der Waals surface area contributed by atoms with Crippen molar-refractivity contribution in [2.24, 2.45) is 0 Å². The number of hydrogen-bond donors (Lipinski definition) is 3. The summed E-state index contributed by atoms with van der Waals surface area (Å²) in [6.45, 7) is 0. The zero-order valence-electron chi connectivity index (χ0n) is 17.5. The molecule has 0 unspecified atom stereocenters. The summed E-state index contributed by atoms with van der Waals surface area (Å²) in [6, 6.07) is 6.81. The molecule has 0 spiro atoms. The number of rotatable bonds is 6. The fourth-order valence-electron chi connectivity index (χ4n) is 3.32. The molecule has 0 saturated heterocycles. The summed E-state index contributed by atoms with van der Waals surface area (Å²) in [5, 5.41) is 0. The Morgan fingerprint density at radius 3 is 1.86 bits per heavy atom. The SMILES string of the molecule is Nc1c(-c2ncncn2)c(-c2ncncn2)cc(C=Cc2ccccc2S(=O)(=O)O)c1S(=O)(=O)O. The molecule has 178 valence electrons. The van der Waals surface area contributed by atoms with Crippen LogP contribution in [0.5, 0.6) is 0 Å². The third-order valence-electron chi connectivity index (χ3n) is 4.69. The van der Waals surface area contributed by atoms with E-state index in [2.05, 4.69) is 29.9 Å². The van der Waals surface area contributed by atoms with Gasteiger partial charge in [-0.1, -0.05) is 30.4 Å². The maximum absolute atomic E-state index is 12.4. The van der Waals surface area contributed by atoms with Gasteiger partial charge in [0.05, 0.1) is 11.3 Å². The lowest BCUT2D eigenvalue weighted by atomic mass is 9.99. The molecule has 0 aliphatic heterocycles. The molecule has 13 nitrogen and oxygen atoms in total. The number of nitrogens with two attached hydrogens (primary N) is 1. The van der Waals surface area contributed by atoms with Gasteiger partial charge < -0.3 is 5.73 Å². The topological polar surface area (TPSA) is 212 Å². The molecule has 0 amide bonds. The van der Waals surface area contributed by atoms with Crippen molar-refractivity contribution in [2.45, 2.75) is 9.79 Å². The smallest absolute Gasteiger partial charge is 0.297 e. The molecule has 2 aromatic heterocycles. The number of nitrogen functional groups attached to an aromatic ring is 1. The van der Waals surface area contributed by atoms with E-state index >= 15 is 0 Å². The Hall–Kier alpha value is -4.18. The molecule has 4 aromatic rings. The van der Waals surface area contributed by atoms with Crippen molar-refractivity contribution < 1.29 is 25.9 Å². The molecule has 2 heterocycles. The van der Waals surface area contributed by atoms with Gasteiger partial charge in [-0.25, -0.2) is 29.9 Å². The van der Waals surface area contributed by atoms with Crippen molar-refractivity contribution in [3.63, 3.8) is 0 Å². The van der Waals surface area contributed by atoms with Crippen LogP contribution in [0.1, 0.15) is 11.1 Å². The summed E-state index contributed by atoms with van der Waals surface area (Å²) in [4.78, 5) is 22.6. The first-order valence-corrected chi connectivity index (χ1v) is 12.4. The summed E-state index contributed by atoms with van der Waals surface area (Å²) in [6.07, 6.45) is 7.23. The van der Waals surface area contributed by atoms with Crippen LogP contribution in [0.2, 0.25) is 0 Å². The highest BCUT2D eigenvalue weighted by Crippen LogP contribution is 2.40. The van der Waals surface area contributed by atoms with Crippen molar-refractivity contribution in [1.82, 2.24) is 29.9 Å². The lowest BCUT2D eigenvalue weighted by Crippen LogP contribution is -2.10. The predicted molar refractivity (Wildman–Crippen MR) is 123 cm³/mol. The van der Waals surface area contributed by atoms with Gasteiger partial charge in [0.25, 0.3) is 20.2 Å². The van der Waals surface area contributed by atoms with E-state index in [4.69, 9.17) is 5.73 Å². The lowest BCUT2D eigenvalue weighted by Gasteiger charge is -2.16. The van der Waals surface area contributed by atoms with E-state index in [0.29, 0.717) is 0 Å². The number of anilines is 1.